The van der Waals surface area contributed by atoms with Gasteiger partial charge in [-0.05, 0) is 41.0 Å². The third-order valence-electron chi connectivity index (χ3n) is 4.14. The number of rotatable bonds is 6. The molecule has 0 unspecified atom stereocenters. The Labute approximate surface area is 176 Å². The van der Waals surface area contributed by atoms with Gasteiger partial charge in [-0.25, -0.2) is 0 Å². The molecule has 11 heteroatoms. The van der Waals surface area contributed by atoms with Crippen LogP contribution in [0.3, 0.4) is 0 Å². The number of carboxylic acids is 1. The van der Waals surface area contributed by atoms with Gasteiger partial charge < -0.3 is 14.6 Å². The molecular weight excluding hydrogens is 444 g/mol. The molecule has 0 atom stereocenters. The molecule has 3 aromatic rings. The maximum Gasteiger partial charge on any atom is 0.573 e. The van der Waals surface area contributed by atoms with Crippen LogP contribution in [0, 0.1) is 0 Å². The molecule has 0 saturated heterocycles. The van der Waals surface area contributed by atoms with Crippen LogP contribution < -0.4 is 9.47 Å². The van der Waals surface area contributed by atoms with E-state index in [1.54, 1.807) is 0 Å². The monoisotopic (exact) mass is 457 g/mol. The number of aliphatic carboxylic acids is 1. The van der Waals surface area contributed by atoms with Gasteiger partial charge in [0.25, 0.3) is 0 Å². The molecule has 32 heavy (non-hydrogen) atoms. The number of ether oxygens (including phenoxy) is 2. The Morgan fingerprint density at radius 2 is 1.25 bits per heavy atom. The van der Waals surface area contributed by atoms with Crippen molar-refractivity contribution < 1.29 is 45.7 Å². The first-order valence-electron chi connectivity index (χ1n) is 8.82. The van der Waals surface area contributed by atoms with Crippen LogP contribution in [-0.2, 0) is 11.2 Å². The van der Waals surface area contributed by atoms with E-state index in [-0.39, 0.29) is 27.8 Å². The van der Waals surface area contributed by atoms with Gasteiger partial charge in [-0.1, -0.05) is 24.3 Å². The molecule has 1 N–H and O–H groups in total. The highest BCUT2D eigenvalue weighted by Gasteiger charge is 2.32. The van der Waals surface area contributed by atoms with Gasteiger partial charge >= 0.3 is 18.7 Å². The summed E-state index contributed by atoms with van der Waals surface area (Å²) >= 11 is 0. The molecule has 1 aromatic heterocycles. The number of carboxylic acid groups (broad SMARTS) is 1. The first-order chi connectivity index (χ1) is 14.9. The summed E-state index contributed by atoms with van der Waals surface area (Å²) in [6, 6.07) is 9.69. The Bertz CT molecular complexity index is 1050. The van der Waals surface area contributed by atoms with Crippen LogP contribution in [0.5, 0.6) is 11.5 Å². The van der Waals surface area contributed by atoms with Crippen LogP contribution in [0.1, 0.15) is 5.56 Å². The first-order valence-corrected chi connectivity index (χ1v) is 8.82. The lowest BCUT2D eigenvalue weighted by Gasteiger charge is -2.16. The Balaban J connectivity index is 2.12. The summed E-state index contributed by atoms with van der Waals surface area (Å²) in [5.74, 6) is -2.31. The number of nitrogens with zero attached hydrogens (tertiary/aromatic N) is 1. The predicted octanol–water partition coefficient (Wildman–Crippen LogP) is 5.84. The lowest BCUT2D eigenvalue weighted by molar-refractivity contribution is -0.275. The summed E-state index contributed by atoms with van der Waals surface area (Å²) in [5, 5.41) is 9.36. The Morgan fingerprint density at radius 3 is 1.62 bits per heavy atom. The first kappa shape index (κ1) is 22.9. The van der Waals surface area contributed by atoms with Crippen molar-refractivity contribution in [1.82, 2.24) is 4.98 Å². The van der Waals surface area contributed by atoms with E-state index < -0.39 is 36.6 Å². The smallest absolute Gasteiger partial charge is 0.481 e. The highest BCUT2D eigenvalue weighted by molar-refractivity contribution is 5.84. The van der Waals surface area contributed by atoms with Crippen LogP contribution in [0.15, 0.2) is 60.9 Å². The fourth-order valence-corrected chi connectivity index (χ4v) is 3.05. The van der Waals surface area contributed by atoms with Crippen LogP contribution in [0.2, 0.25) is 0 Å². The van der Waals surface area contributed by atoms with E-state index in [1.807, 2.05) is 0 Å². The fourth-order valence-electron chi connectivity index (χ4n) is 3.05. The van der Waals surface area contributed by atoms with Crippen molar-refractivity contribution in [3.63, 3.8) is 0 Å². The average Bonchev–Trinajstić information content (AvgIpc) is 2.65. The zero-order chi connectivity index (χ0) is 23.5. The maximum atomic E-state index is 12.6. The molecule has 1 heterocycles. The van der Waals surface area contributed by atoms with E-state index >= 15 is 0 Å². The number of pyridine rings is 1. The molecule has 0 aliphatic carbocycles. The van der Waals surface area contributed by atoms with Gasteiger partial charge in [-0.15, -0.1) is 26.3 Å². The summed E-state index contributed by atoms with van der Waals surface area (Å²) in [4.78, 5) is 15.5. The third kappa shape index (κ3) is 6.13. The second-order valence-electron chi connectivity index (χ2n) is 6.43. The van der Waals surface area contributed by atoms with Gasteiger partial charge in [0.05, 0.1) is 6.42 Å². The lowest BCUT2D eigenvalue weighted by Crippen LogP contribution is -2.17. The molecule has 3 rings (SSSR count). The summed E-state index contributed by atoms with van der Waals surface area (Å²) < 4.78 is 83.2. The minimum Gasteiger partial charge on any atom is -0.481 e. The summed E-state index contributed by atoms with van der Waals surface area (Å²) in [5.41, 5.74) is 0.861. The topological polar surface area (TPSA) is 68.7 Å². The zero-order valence-electron chi connectivity index (χ0n) is 15.9. The Hall–Kier alpha value is -3.76. The fraction of sp³-hybridized carbons (Fsp3) is 0.143. The van der Waals surface area contributed by atoms with Crippen LogP contribution in [0.4, 0.5) is 26.3 Å². The van der Waals surface area contributed by atoms with Crippen LogP contribution in [0.25, 0.3) is 22.3 Å². The molecule has 2 aromatic carbocycles. The predicted molar refractivity (Wildman–Crippen MR) is 99.8 cm³/mol. The molecule has 0 spiro atoms. The number of halogens is 6. The molecule has 168 valence electrons. The van der Waals surface area contributed by atoms with E-state index in [0.717, 1.165) is 24.3 Å². The molecule has 5 nitrogen and oxygen atoms in total. The van der Waals surface area contributed by atoms with E-state index in [0.29, 0.717) is 0 Å². The van der Waals surface area contributed by atoms with Gasteiger partial charge in [0.1, 0.15) is 11.5 Å². The molecule has 0 saturated carbocycles. The lowest BCUT2D eigenvalue weighted by atomic mass is 9.92. The minimum absolute atomic E-state index is 0.140. The molecule has 0 amide bonds. The SMILES string of the molecule is O=C(O)Cc1c(-c2cccc(OC(F)(F)F)c2)cncc1-c1cccc(OC(F)(F)F)c1. The number of benzene rings is 2. The van der Waals surface area contributed by atoms with E-state index in [9.17, 15) is 36.2 Å². The highest BCUT2D eigenvalue weighted by Crippen LogP contribution is 2.36. The minimum atomic E-state index is -4.93. The quantitative estimate of drug-likeness (QED) is 0.471. The summed E-state index contributed by atoms with van der Waals surface area (Å²) in [6.45, 7) is 0. The zero-order valence-corrected chi connectivity index (χ0v) is 15.9. The van der Waals surface area contributed by atoms with Crippen molar-refractivity contribution in [1.29, 1.82) is 0 Å². The van der Waals surface area contributed by atoms with Gasteiger partial charge in [-0.2, -0.15) is 0 Å². The van der Waals surface area contributed by atoms with Gasteiger partial charge in [-0.3, -0.25) is 9.78 Å². The van der Waals surface area contributed by atoms with Crippen molar-refractivity contribution in [3.8, 4) is 33.8 Å². The second kappa shape index (κ2) is 8.77. The number of carbonyl (C=O) groups is 1. The van der Waals surface area contributed by atoms with Crippen molar-refractivity contribution in [2.75, 3.05) is 0 Å². The molecule has 0 aliphatic rings. The summed E-state index contributed by atoms with van der Waals surface area (Å²) in [7, 11) is 0. The van der Waals surface area contributed by atoms with Crippen LogP contribution in [-0.4, -0.2) is 28.8 Å². The molecule has 0 bridgehead atoms. The Kier molecular flexibility index (Phi) is 6.28. The van der Waals surface area contributed by atoms with Gasteiger partial charge in [0, 0.05) is 23.5 Å². The third-order valence-corrected chi connectivity index (χ3v) is 4.14. The van der Waals surface area contributed by atoms with Crippen molar-refractivity contribution in [2.45, 2.75) is 19.1 Å². The van der Waals surface area contributed by atoms with E-state index in [2.05, 4.69) is 14.5 Å². The standard InChI is InChI=1S/C21H13F6NO4/c22-20(23,24)31-14-5-1-3-12(7-14)17-10-28-11-18(16(17)9-19(29)30)13-4-2-6-15(8-13)32-21(25,26)27/h1-8,10-11H,9H2,(H,29,30). The van der Waals surface area contributed by atoms with E-state index in [4.69, 9.17) is 0 Å². The number of hydrogen-bond donors (Lipinski definition) is 1. The Morgan fingerprint density at radius 1 is 0.812 bits per heavy atom. The van der Waals surface area contributed by atoms with Gasteiger partial charge in [0.15, 0.2) is 0 Å². The van der Waals surface area contributed by atoms with Crippen molar-refractivity contribution in [2.24, 2.45) is 0 Å². The highest BCUT2D eigenvalue weighted by atomic mass is 19.4. The number of alkyl halides is 6. The summed E-state index contributed by atoms with van der Waals surface area (Å²) in [6.07, 6.45) is -7.92. The van der Waals surface area contributed by atoms with E-state index in [1.165, 1.54) is 36.7 Å². The van der Waals surface area contributed by atoms with Gasteiger partial charge in [0.2, 0.25) is 0 Å². The number of aromatic nitrogens is 1. The normalized spacial score (nSPS) is 11.8. The molecule has 0 fully saturated rings. The molecular formula is C21H13F6NO4. The van der Waals surface area contributed by atoms with Crippen molar-refractivity contribution >= 4 is 5.97 Å². The largest absolute Gasteiger partial charge is 0.573 e. The van der Waals surface area contributed by atoms with Crippen LogP contribution >= 0.6 is 0 Å². The molecule has 0 aliphatic heterocycles. The molecule has 0 radical (unpaired) electrons. The van der Waals surface area contributed by atoms with Crippen molar-refractivity contribution in [3.05, 3.63) is 66.5 Å². The average molecular weight is 457 g/mol. The second-order valence-corrected chi connectivity index (χ2v) is 6.43. The number of hydrogen-bond acceptors (Lipinski definition) is 4. The maximum absolute atomic E-state index is 12.6.